The van der Waals surface area contributed by atoms with Crippen molar-refractivity contribution in [1.82, 2.24) is 14.9 Å². The molecule has 5 rings (SSSR count). The Hall–Kier alpha value is -4.01. The van der Waals surface area contributed by atoms with Gasteiger partial charge in [0.1, 0.15) is 11.6 Å². The smallest absolute Gasteiger partial charge is 0.256 e. The molecule has 2 aliphatic rings. The minimum absolute atomic E-state index is 0.0143. The zero-order chi connectivity index (χ0) is 25.8. The normalized spacial score (nSPS) is 16.2. The number of aliphatic imine (C=N–C) groups is 1. The first kappa shape index (κ1) is 24.7. The van der Waals surface area contributed by atoms with Gasteiger partial charge in [-0.3, -0.25) is 9.79 Å². The SMILES string of the molecule is COc1cc2c(cc1OCCCCOc1cc(-c3ccc(F)cc3)nc(C)n1)N=CC1CCCN1C2=O. The van der Waals surface area contributed by atoms with Crippen LogP contribution in [0.15, 0.2) is 47.5 Å². The lowest BCUT2D eigenvalue weighted by Crippen LogP contribution is -2.35. The fraction of sp³-hybridized carbons (Fsp3) is 0.357. The van der Waals surface area contributed by atoms with Crippen molar-refractivity contribution in [3.05, 3.63) is 59.7 Å². The van der Waals surface area contributed by atoms with Crippen molar-refractivity contribution in [3.63, 3.8) is 0 Å². The molecule has 0 bridgehead atoms. The van der Waals surface area contributed by atoms with Crippen LogP contribution in [0.3, 0.4) is 0 Å². The lowest BCUT2D eigenvalue weighted by molar-refractivity contribution is 0.0774. The molecule has 0 radical (unpaired) electrons. The van der Waals surface area contributed by atoms with Crippen LogP contribution in [-0.4, -0.2) is 59.9 Å². The van der Waals surface area contributed by atoms with E-state index in [9.17, 15) is 9.18 Å². The quantitative estimate of drug-likeness (QED) is 0.374. The van der Waals surface area contributed by atoms with Crippen molar-refractivity contribution < 1.29 is 23.4 Å². The van der Waals surface area contributed by atoms with Crippen LogP contribution in [0.4, 0.5) is 10.1 Å². The van der Waals surface area contributed by atoms with Crippen molar-refractivity contribution in [2.75, 3.05) is 26.9 Å². The summed E-state index contributed by atoms with van der Waals surface area (Å²) in [6.45, 7) is 3.46. The van der Waals surface area contributed by atoms with Crippen molar-refractivity contribution in [2.24, 2.45) is 4.99 Å². The number of aryl methyl sites for hydroxylation is 1. The van der Waals surface area contributed by atoms with Gasteiger partial charge in [-0.25, -0.2) is 9.37 Å². The molecule has 37 heavy (non-hydrogen) atoms. The number of fused-ring (bicyclic) bond motifs is 2. The van der Waals surface area contributed by atoms with E-state index in [0.717, 1.165) is 37.8 Å². The molecule has 0 N–H and O–H groups in total. The number of carbonyl (C=O) groups excluding carboxylic acids is 1. The van der Waals surface area contributed by atoms with E-state index in [-0.39, 0.29) is 17.8 Å². The maximum Gasteiger partial charge on any atom is 0.256 e. The third-order valence-corrected chi connectivity index (χ3v) is 6.46. The van der Waals surface area contributed by atoms with E-state index >= 15 is 0 Å². The molecule has 0 aliphatic carbocycles. The second-order valence-electron chi connectivity index (χ2n) is 9.06. The maximum absolute atomic E-state index is 13.2. The molecule has 1 aromatic heterocycles. The molecule has 1 fully saturated rings. The average Bonchev–Trinajstić information content (AvgIpc) is 3.33. The molecule has 2 aliphatic heterocycles. The number of hydrogen-bond acceptors (Lipinski definition) is 7. The molecule has 1 amide bonds. The van der Waals surface area contributed by atoms with Crippen LogP contribution in [0.5, 0.6) is 17.4 Å². The van der Waals surface area contributed by atoms with Crippen LogP contribution < -0.4 is 14.2 Å². The van der Waals surface area contributed by atoms with E-state index in [0.29, 0.717) is 53.4 Å². The Bertz CT molecular complexity index is 1310. The van der Waals surface area contributed by atoms with E-state index in [1.54, 1.807) is 44.4 Å². The summed E-state index contributed by atoms with van der Waals surface area (Å²) in [6, 6.07) is 11.5. The summed E-state index contributed by atoms with van der Waals surface area (Å²) < 4.78 is 30.6. The number of ether oxygens (including phenoxy) is 3. The molecule has 9 heteroatoms. The van der Waals surface area contributed by atoms with Gasteiger partial charge in [0.05, 0.1) is 43.3 Å². The number of unbranched alkanes of at least 4 members (excludes halogenated alkanes) is 1. The van der Waals surface area contributed by atoms with E-state index < -0.39 is 0 Å². The molecule has 1 saturated heterocycles. The van der Waals surface area contributed by atoms with Crippen molar-refractivity contribution in [3.8, 4) is 28.6 Å². The first-order chi connectivity index (χ1) is 18.0. The van der Waals surface area contributed by atoms with Gasteiger partial charge in [-0.1, -0.05) is 0 Å². The number of aromatic nitrogens is 2. The molecule has 192 valence electrons. The number of amides is 1. The fourth-order valence-electron chi connectivity index (χ4n) is 4.57. The summed E-state index contributed by atoms with van der Waals surface area (Å²) in [6.07, 6.45) is 5.28. The average molecular weight is 505 g/mol. The Kier molecular flexibility index (Phi) is 7.30. The van der Waals surface area contributed by atoms with Gasteiger partial charge in [-0.15, -0.1) is 0 Å². The summed E-state index contributed by atoms with van der Waals surface area (Å²) in [7, 11) is 1.56. The third kappa shape index (κ3) is 5.55. The fourth-order valence-corrected chi connectivity index (χ4v) is 4.57. The minimum atomic E-state index is -0.293. The lowest BCUT2D eigenvalue weighted by Gasteiger charge is -2.20. The van der Waals surface area contributed by atoms with Gasteiger partial charge < -0.3 is 19.1 Å². The Balaban J connectivity index is 1.15. The highest BCUT2D eigenvalue weighted by Crippen LogP contribution is 2.38. The molecule has 8 nitrogen and oxygen atoms in total. The van der Waals surface area contributed by atoms with Gasteiger partial charge in [-0.2, -0.15) is 4.98 Å². The standard InChI is InChI=1S/C28H29FN4O4/c1-18-31-23(19-7-9-20(29)10-8-19)16-27(32-18)37-13-4-3-12-36-26-15-24-22(14-25(26)35-2)28(34)33-11-5-6-21(33)17-30-24/h7-10,14-17,21H,3-6,11-13H2,1-2H3. The van der Waals surface area contributed by atoms with Gasteiger partial charge in [-0.05, 0) is 62.9 Å². The van der Waals surface area contributed by atoms with Gasteiger partial charge in [0.15, 0.2) is 11.5 Å². The Labute approximate surface area is 215 Å². The Morgan fingerprint density at radius 1 is 1.03 bits per heavy atom. The van der Waals surface area contributed by atoms with Crippen molar-refractivity contribution in [2.45, 2.75) is 38.6 Å². The molecular formula is C28H29FN4O4. The molecule has 2 aromatic carbocycles. The van der Waals surface area contributed by atoms with Crippen LogP contribution in [0.25, 0.3) is 11.3 Å². The number of hydrogen-bond donors (Lipinski definition) is 0. The molecular weight excluding hydrogens is 475 g/mol. The lowest BCUT2D eigenvalue weighted by atomic mass is 10.1. The minimum Gasteiger partial charge on any atom is -0.493 e. The highest BCUT2D eigenvalue weighted by Gasteiger charge is 2.32. The summed E-state index contributed by atoms with van der Waals surface area (Å²) in [4.78, 5) is 28.2. The summed E-state index contributed by atoms with van der Waals surface area (Å²) in [5, 5.41) is 0. The number of nitrogens with zero attached hydrogens (tertiary/aromatic N) is 4. The maximum atomic E-state index is 13.2. The van der Waals surface area contributed by atoms with Crippen LogP contribution in [-0.2, 0) is 0 Å². The first-order valence-electron chi connectivity index (χ1n) is 12.5. The Morgan fingerprint density at radius 2 is 1.81 bits per heavy atom. The van der Waals surface area contributed by atoms with E-state index in [2.05, 4.69) is 15.0 Å². The van der Waals surface area contributed by atoms with Crippen LogP contribution in [0, 0.1) is 12.7 Å². The summed E-state index contributed by atoms with van der Waals surface area (Å²) in [5.74, 6) is 1.82. The van der Waals surface area contributed by atoms with Crippen molar-refractivity contribution in [1.29, 1.82) is 0 Å². The highest BCUT2D eigenvalue weighted by molar-refractivity contribution is 6.03. The molecule has 3 heterocycles. The van der Waals surface area contributed by atoms with E-state index in [1.165, 1.54) is 12.1 Å². The summed E-state index contributed by atoms with van der Waals surface area (Å²) >= 11 is 0. The van der Waals surface area contributed by atoms with E-state index in [1.807, 2.05) is 11.1 Å². The van der Waals surface area contributed by atoms with Crippen LogP contribution in [0.2, 0.25) is 0 Å². The monoisotopic (exact) mass is 504 g/mol. The summed E-state index contributed by atoms with van der Waals surface area (Å²) in [5.41, 5.74) is 2.63. The highest BCUT2D eigenvalue weighted by atomic mass is 19.1. The molecule has 0 spiro atoms. The predicted octanol–water partition coefficient (Wildman–Crippen LogP) is 5.16. The van der Waals surface area contributed by atoms with Crippen LogP contribution in [0.1, 0.15) is 41.9 Å². The van der Waals surface area contributed by atoms with Gasteiger partial charge >= 0.3 is 0 Å². The number of halogens is 1. The zero-order valence-electron chi connectivity index (χ0n) is 20.9. The topological polar surface area (TPSA) is 86.1 Å². The number of methoxy groups -OCH3 is 1. The zero-order valence-corrected chi connectivity index (χ0v) is 20.9. The second-order valence-corrected chi connectivity index (χ2v) is 9.06. The van der Waals surface area contributed by atoms with Gasteiger partial charge in [0.2, 0.25) is 5.88 Å². The Morgan fingerprint density at radius 3 is 2.59 bits per heavy atom. The molecule has 0 saturated carbocycles. The van der Waals surface area contributed by atoms with Gasteiger partial charge in [0, 0.05) is 30.5 Å². The second kappa shape index (κ2) is 10.9. The third-order valence-electron chi connectivity index (χ3n) is 6.46. The number of rotatable bonds is 9. The van der Waals surface area contributed by atoms with E-state index in [4.69, 9.17) is 14.2 Å². The first-order valence-corrected chi connectivity index (χ1v) is 12.5. The molecule has 1 atom stereocenters. The molecule has 3 aromatic rings. The van der Waals surface area contributed by atoms with Crippen LogP contribution >= 0.6 is 0 Å². The predicted molar refractivity (Wildman–Crippen MR) is 138 cm³/mol. The van der Waals surface area contributed by atoms with Gasteiger partial charge in [0.25, 0.3) is 5.91 Å². The molecule has 1 unspecified atom stereocenters. The number of benzene rings is 2. The largest absolute Gasteiger partial charge is 0.493 e. The van der Waals surface area contributed by atoms with Crippen molar-refractivity contribution >= 4 is 17.8 Å². The number of carbonyl (C=O) groups is 1.